The van der Waals surface area contributed by atoms with E-state index >= 15 is 0 Å². The molecule has 1 heteroatoms. The highest BCUT2D eigenvalue weighted by molar-refractivity contribution is 4.92. The van der Waals surface area contributed by atoms with Gasteiger partial charge in [-0.05, 0) is 23.7 Å². The van der Waals surface area contributed by atoms with Gasteiger partial charge in [-0.25, -0.2) is 0 Å². The summed E-state index contributed by atoms with van der Waals surface area (Å²) >= 11 is 0. The molecule has 1 nitrogen and oxygen atoms in total. The molecule has 1 unspecified atom stereocenters. The van der Waals surface area contributed by atoms with E-state index in [0.29, 0.717) is 17.3 Å². The summed E-state index contributed by atoms with van der Waals surface area (Å²) in [6, 6.07) is 0. The van der Waals surface area contributed by atoms with Crippen molar-refractivity contribution in [3.8, 4) is 0 Å². The molecule has 0 bridgehead atoms. The fourth-order valence-electron chi connectivity index (χ4n) is 2.09. The number of hydrogen-bond acceptors (Lipinski definition) is 1. The zero-order valence-corrected chi connectivity index (χ0v) is 7.39. The summed E-state index contributed by atoms with van der Waals surface area (Å²) < 4.78 is 0. The van der Waals surface area contributed by atoms with E-state index in [-0.39, 0.29) is 6.10 Å². The van der Waals surface area contributed by atoms with Crippen LogP contribution in [0, 0.1) is 17.3 Å². The second-order valence-electron chi connectivity index (χ2n) is 4.45. The molecule has 1 saturated carbocycles. The van der Waals surface area contributed by atoms with Crippen LogP contribution in [0.1, 0.15) is 34.1 Å². The van der Waals surface area contributed by atoms with Gasteiger partial charge in [0.2, 0.25) is 0 Å². The molecule has 1 aliphatic carbocycles. The van der Waals surface area contributed by atoms with Crippen LogP contribution in [0.4, 0.5) is 0 Å². The van der Waals surface area contributed by atoms with E-state index in [1.807, 2.05) is 0 Å². The van der Waals surface area contributed by atoms with Crippen molar-refractivity contribution in [1.82, 2.24) is 0 Å². The topological polar surface area (TPSA) is 20.2 Å². The van der Waals surface area contributed by atoms with Gasteiger partial charge >= 0.3 is 0 Å². The third kappa shape index (κ3) is 1.07. The Morgan fingerprint density at radius 2 is 1.80 bits per heavy atom. The molecule has 0 aromatic heterocycles. The molecular formula is C9H18O. The Labute approximate surface area is 63.4 Å². The van der Waals surface area contributed by atoms with Crippen LogP contribution in [0.3, 0.4) is 0 Å². The lowest BCUT2D eigenvalue weighted by atomic mass is 9.83. The first-order valence-corrected chi connectivity index (χ1v) is 4.13. The molecule has 0 aliphatic heterocycles. The van der Waals surface area contributed by atoms with Gasteiger partial charge in [-0.2, -0.15) is 0 Å². The minimum atomic E-state index is -0.0741. The Kier molecular flexibility index (Phi) is 1.80. The molecule has 1 N–H and O–H groups in total. The maximum absolute atomic E-state index is 9.60. The maximum atomic E-state index is 9.60. The third-order valence-electron chi connectivity index (χ3n) is 3.18. The molecule has 60 valence electrons. The summed E-state index contributed by atoms with van der Waals surface area (Å²) in [5.74, 6) is 0.951. The summed E-state index contributed by atoms with van der Waals surface area (Å²) in [7, 11) is 0. The second kappa shape index (κ2) is 2.23. The van der Waals surface area contributed by atoms with Crippen molar-refractivity contribution in [2.24, 2.45) is 17.3 Å². The van der Waals surface area contributed by atoms with Crippen molar-refractivity contribution in [1.29, 1.82) is 0 Å². The first-order chi connectivity index (χ1) is 4.45. The fourth-order valence-corrected chi connectivity index (χ4v) is 2.09. The average molecular weight is 142 g/mol. The molecule has 0 spiro atoms. The molecule has 0 radical (unpaired) electrons. The summed E-state index contributed by atoms with van der Waals surface area (Å²) in [4.78, 5) is 0. The van der Waals surface area contributed by atoms with Crippen molar-refractivity contribution in [2.75, 3.05) is 0 Å². The average Bonchev–Trinajstić information content (AvgIpc) is 1.95. The Morgan fingerprint density at radius 3 is 1.90 bits per heavy atom. The highest BCUT2D eigenvalue weighted by Gasteiger charge is 2.42. The van der Waals surface area contributed by atoms with Crippen LogP contribution in [0.15, 0.2) is 0 Å². The van der Waals surface area contributed by atoms with Crippen molar-refractivity contribution >= 4 is 0 Å². The minimum absolute atomic E-state index is 0.0741. The van der Waals surface area contributed by atoms with Gasteiger partial charge in [0.15, 0.2) is 0 Å². The van der Waals surface area contributed by atoms with Crippen LogP contribution in [0.2, 0.25) is 0 Å². The largest absolute Gasteiger partial charge is 0.393 e. The SMILES string of the molecule is CC1CC(C)(C)[C@H](C)[C@@H]1O. The first-order valence-electron chi connectivity index (χ1n) is 4.13. The summed E-state index contributed by atoms with van der Waals surface area (Å²) in [5, 5.41) is 9.60. The van der Waals surface area contributed by atoms with E-state index in [4.69, 9.17) is 0 Å². The first kappa shape index (κ1) is 8.06. The lowest BCUT2D eigenvalue weighted by Gasteiger charge is -2.24. The van der Waals surface area contributed by atoms with E-state index < -0.39 is 0 Å². The summed E-state index contributed by atoms with van der Waals surface area (Å²) in [5.41, 5.74) is 0.346. The zero-order valence-electron chi connectivity index (χ0n) is 7.39. The summed E-state index contributed by atoms with van der Waals surface area (Å²) in [6.07, 6.45) is 1.09. The van der Waals surface area contributed by atoms with Crippen LogP contribution in [-0.2, 0) is 0 Å². The molecule has 0 amide bonds. The zero-order chi connectivity index (χ0) is 7.94. The lowest BCUT2D eigenvalue weighted by molar-refractivity contribution is 0.0842. The normalized spacial score (nSPS) is 45.9. The Hall–Kier alpha value is -0.0400. The van der Waals surface area contributed by atoms with Crippen molar-refractivity contribution in [2.45, 2.75) is 40.2 Å². The van der Waals surface area contributed by atoms with Crippen LogP contribution in [0.5, 0.6) is 0 Å². The number of rotatable bonds is 0. The Bertz CT molecular complexity index is 129. The standard InChI is InChI=1S/C9H18O/c1-6-5-9(3,4)7(2)8(6)10/h6-8,10H,5H2,1-4H3/t6?,7-,8-/m1/s1. The molecule has 1 fully saturated rings. The Morgan fingerprint density at radius 1 is 1.30 bits per heavy atom. The van der Waals surface area contributed by atoms with Gasteiger partial charge in [-0.1, -0.05) is 27.7 Å². The van der Waals surface area contributed by atoms with Gasteiger partial charge in [0.1, 0.15) is 0 Å². The molecule has 0 heterocycles. The molecule has 3 atom stereocenters. The predicted octanol–water partition coefficient (Wildman–Crippen LogP) is 2.05. The maximum Gasteiger partial charge on any atom is 0.0596 e. The van der Waals surface area contributed by atoms with E-state index in [1.165, 1.54) is 0 Å². The van der Waals surface area contributed by atoms with Crippen molar-refractivity contribution < 1.29 is 5.11 Å². The quantitative estimate of drug-likeness (QED) is 0.549. The van der Waals surface area contributed by atoms with Crippen LogP contribution in [0.25, 0.3) is 0 Å². The smallest absolute Gasteiger partial charge is 0.0596 e. The van der Waals surface area contributed by atoms with Crippen LogP contribution < -0.4 is 0 Å². The molecule has 0 saturated heterocycles. The van der Waals surface area contributed by atoms with E-state index in [0.717, 1.165) is 6.42 Å². The summed E-state index contributed by atoms with van der Waals surface area (Å²) in [6.45, 7) is 8.76. The number of aliphatic hydroxyl groups is 1. The molecule has 10 heavy (non-hydrogen) atoms. The highest BCUT2D eigenvalue weighted by Crippen LogP contribution is 2.45. The number of hydrogen-bond donors (Lipinski definition) is 1. The Balaban J connectivity index is 2.71. The van der Waals surface area contributed by atoms with Crippen LogP contribution >= 0.6 is 0 Å². The van der Waals surface area contributed by atoms with Crippen molar-refractivity contribution in [3.05, 3.63) is 0 Å². The number of aliphatic hydroxyl groups excluding tert-OH is 1. The molecule has 0 aromatic carbocycles. The predicted molar refractivity (Wildman–Crippen MR) is 42.7 cm³/mol. The van der Waals surface area contributed by atoms with Gasteiger partial charge in [-0.3, -0.25) is 0 Å². The molecule has 1 rings (SSSR count). The van der Waals surface area contributed by atoms with Crippen LogP contribution in [-0.4, -0.2) is 11.2 Å². The third-order valence-corrected chi connectivity index (χ3v) is 3.18. The van der Waals surface area contributed by atoms with Crippen molar-refractivity contribution in [3.63, 3.8) is 0 Å². The van der Waals surface area contributed by atoms with Gasteiger partial charge in [0.05, 0.1) is 6.10 Å². The van der Waals surface area contributed by atoms with Gasteiger partial charge in [-0.15, -0.1) is 0 Å². The lowest BCUT2D eigenvalue weighted by Crippen LogP contribution is -2.22. The van der Waals surface area contributed by atoms with Gasteiger partial charge in [0, 0.05) is 0 Å². The monoisotopic (exact) mass is 142 g/mol. The van der Waals surface area contributed by atoms with E-state index in [9.17, 15) is 5.11 Å². The highest BCUT2D eigenvalue weighted by atomic mass is 16.3. The minimum Gasteiger partial charge on any atom is -0.393 e. The molecule has 0 aromatic rings. The van der Waals surface area contributed by atoms with Gasteiger partial charge in [0.25, 0.3) is 0 Å². The van der Waals surface area contributed by atoms with E-state index in [2.05, 4.69) is 27.7 Å². The second-order valence-corrected chi connectivity index (χ2v) is 4.45. The fraction of sp³-hybridized carbons (Fsp3) is 1.00. The molecular weight excluding hydrogens is 124 g/mol. The molecule has 1 aliphatic rings. The van der Waals surface area contributed by atoms with E-state index in [1.54, 1.807) is 0 Å². The van der Waals surface area contributed by atoms with Gasteiger partial charge < -0.3 is 5.11 Å².